The van der Waals surface area contributed by atoms with Crippen LogP contribution in [0.2, 0.25) is 0 Å². The van der Waals surface area contributed by atoms with E-state index in [2.05, 4.69) is 15.3 Å². The van der Waals surface area contributed by atoms with Gasteiger partial charge in [0.05, 0.1) is 13.7 Å². The van der Waals surface area contributed by atoms with Crippen LogP contribution in [0.4, 0.5) is 11.6 Å². The number of nitrogens with zero attached hydrogens (tertiary/aromatic N) is 2. The number of anilines is 2. The minimum absolute atomic E-state index is 0.00842. The molecule has 1 aromatic carbocycles. The van der Waals surface area contributed by atoms with Gasteiger partial charge in [0.2, 0.25) is 11.8 Å². The lowest BCUT2D eigenvalue weighted by Crippen LogP contribution is -1.98. The van der Waals surface area contributed by atoms with Crippen molar-refractivity contribution in [3.63, 3.8) is 0 Å². The van der Waals surface area contributed by atoms with E-state index in [0.29, 0.717) is 11.8 Å². The van der Waals surface area contributed by atoms with Gasteiger partial charge in [-0.15, -0.1) is 0 Å². The van der Waals surface area contributed by atoms with Crippen LogP contribution < -0.4 is 10.1 Å². The Balaban J connectivity index is 2.18. The molecule has 2 rings (SSSR count). The van der Waals surface area contributed by atoms with Crippen molar-refractivity contribution in [3.05, 3.63) is 42.1 Å². The molecule has 0 saturated carbocycles. The highest BCUT2D eigenvalue weighted by Crippen LogP contribution is 2.16. The van der Waals surface area contributed by atoms with Crippen LogP contribution in [0.3, 0.4) is 0 Å². The van der Waals surface area contributed by atoms with Crippen molar-refractivity contribution in [2.24, 2.45) is 0 Å². The van der Waals surface area contributed by atoms with Crippen LogP contribution in [0.15, 0.2) is 36.5 Å². The van der Waals surface area contributed by atoms with Crippen molar-refractivity contribution >= 4 is 11.6 Å². The van der Waals surface area contributed by atoms with E-state index in [0.717, 1.165) is 11.3 Å². The number of benzene rings is 1. The van der Waals surface area contributed by atoms with Crippen LogP contribution in [0, 0.1) is 0 Å². The molecule has 0 fully saturated rings. The summed E-state index contributed by atoms with van der Waals surface area (Å²) in [7, 11) is 1.55. The lowest BCUT2D eigenvalue weighted by Gasteiger charge is -2.06. The molecule has 0 aliphatic heterocycles. The van der Waals surface area contributed by atoms with Gasteiger partial charge in [0.15, 0.2) is 0 Å². The number of hydrogen-bond donors (Lipinski definition) is 2. The normalized spacial score (nSPS) is 10.0. The highest BCUT2D eigenvalue weighted by Gasteiger charge is 2.00. The fourth-order valence-corrected chi connectivity index (χ4v) is 1.39. The summed E-state index contributed by atoms with van der Waals surface area (Å²) < 4.78 is 5.01. The van der Waals surface area contributed by atoms with Gasteiger partial charge in [0.25, 0.3) is 0 Å². The van der Waals surface area contributed by atoms with E-state index >= 15 is 0 Å². The van der Waals surface area contributed by atoms with Gasteiger partial charge in [-0.05, 0) is 17.7 Å². The summed E-state index contributed by atoms with van der Waals surface area (Å²) in [5, 5.41) is 12.1. The minimum Gasteiger partial charge on any atom is -0.481 e. The Morgan fingerprint density at radius 1 is 1.35 bits per heavy atom. The Morgan fingerprint density at radius 2 is 2.24 bits per heavy atom. The molecule has 0 amide bonds. The van der Waals surface area contributed by atoms with Gasteiger partial charge in [-0.1, -0.05) is 12.1 Å². The molecule has 0 spiro atoms. The van der Waals surface area contributed by atoms with Gasteiger partial charge >= 0.3 is 0 Å². The molecular weight excluding hydrogens is 218 g/mol. The zero-order valence-electron chi connectivity index (χ0n) is 9.42. The zero-order chi connectivity index (χ0) is 12.1. The molecule has 5 nitrogen and oxygen atoms in total. The van der Waals surface area contributed by atoms with Crippen LogP contribution in [-0.2, 0) is 6.61 Å². The number of rotatable bonds is 4. The first-order valence-corrected chi connectivity index (χ1v) is 5.15. The highest BCUT2D eigenvalue weighted by atomic mass is 16.5. The summed E-state index contributed by atoms with van der Waals surface area (Å²) in [6, 6.07) is 9.09. The Kier molecular flexibility index (Phi) is 3.52. The zero-order valence-corrected chi connectivity index (χ0v) is 9.42. The Labute approximate surface area is 99.1 Å². The summed E-state index contributed by atoms with van der Waals surface area (Å²) in [5.41, 5.74) is 1.66. The summed E-state index contributed by atoms with van der Waals surface area (Å²) in [4.78, 5) is 8.21. The third kappa shape index (κ3) is 2.92. The van der Waals surface area contributed by atoms with E-state index in [1.165, 1.54) is 0 Å². The first-order chi connectivity index (χ1) is 8.31. The molecular formula is C12H13N3O2. The monoisotopic (exact) mass is 231 g/mol. The fourth-order valence-electron chi connectivity index (χ4n) is 1.39. The molecule has 0 atom stereocenters. The van der Waals surface area contributed by atoms with Crippen LogP contribution in [-0.4, -0.2) is 22.2 Å². The second-order valence-corrected chi connectivity index (χ2v) is 3.41. The molecule has 1 aromatic heterocycles. The number of methoxy groups -OCH3 is 1. The van der Waals surface area contributed by atoms with Crippen LogP contribution in [0.25, 0.3) is 0 Å². The fraction of sp³-hybridized carbons (Fsp3) is 0.167. The van der Waals surface area contributed by atoms with Crippen molar-refractivity contribution in [2.45, 2.75) is 6.61 Å². The van der Waals surface area contributed by atoms with E-state index in [1.807, 2.05) is 24.3 Å². The molecule has 0 aliphatic carbocycles. The standard InChI is InChI=1S/C12H13N3O2/c1-17-11-5-6-13-12(15-11)14-10-4-2-3-9(7-10)8-16/h2-7,16H,8H2,1H3,(H,13,14,15). The maximum absolute atomic E-state index is 9.03. The second-order valence-electron chi connectivity index (χ2n) is 3.41. The van der Waals surface area contributed by atoms with Crippen molar-refractivity contribution in [3.8, 4) is 5.88 Å². The van der Waals surface area contributed by atoms with E-state index < -0.39 is 0 Å². The number of hydrogen-bond acceptors (Lipinski definition) is 5. The number of aromatic nitrogens is 2. The summed E-state index contributed by atoms with van der Waals surface area (Å²) in [6.07, 6.45) is 1.62. The van der Waals surface area contributed by atoms with E-state index in [9.17, 15) is 0 Å². The van der Waals surface area contributed by atoms with Crippen molar-refractivity contribution in [1.82, 2.24) is 9.97 Å². The lowest BCUT2D eigenvalue weighted by molar-refractivity contribution is 0.282. The molecule has 0 aliphatic rings. The highest BCUT2D eigenvalue weighted by molar-refractivity contribution is 5.54. The lowest BCUT2D eigenvalue weighted by atomic mass is 10.2. The Bertz CT molecular complexity index is 457. The third-order valence-corrected chi connectivity index (χ3v) is 2.20. The van der Waals surface area contributed by atoms with Gasteiger partial charge in [0, 0.05) is 18.0 Å². The first kappa shape index (κ1) is 11.3. The summed E-state index contributed by atoms with van der Waals surface area (Å²) in [5.74, 6) is 0.959. The smallest absolute Gasteiger partial charge is 0.230 e. The van der Waals surface area contributed by atoms with Crippen molar-refractivity contribution in [1.29, 1.82) is 0 Å². The number of aliphatic hydroxyl groups excluding tert-OH is 1. The third-order valence-electron chi connectivity index (χ3n) is 2.20. The average Bonchev–Trinajstić information content (AvgIpc) is 2.39. The molecule has 0 unspecified atom stereocenters. The van der Waals surface area contributed by atoms with E-state index in [4.69, 9.17) is 9.84 Å². The van der Waals surface area contributed by atoms with Gasteiger partial charge in [-0.25, -0.2) is 4.98 Å². The van der Waals surface area contributed by atoms with E-state index in [1.54, 1.807) is 19.4 Å². The maximum atomic E-state index is 9.03. The Morgan fingerprint density at radius 3 is 3.00 bits per heavy atom. The molecule has 17 heavy (non-hydrogen) atoms. The average molecular weight is 231 g/mol. The minimum atomic E-state index is 0.00842. The van der Waals surface area contributed by atoms with Gasteiger partial charge in [0.1, 0.15) is 0 Å². The predicted octanol–water partition coefficient (Wildman–Crippen LogP) is 1.72. The second kappa shape index (κ2) is 5.27. The van der Waals surface area contributed by atoms with Crippen LogP contribution >= 0.6 is 0 Å². The van der Waals surface area contributed by atoms with Crippen LogP contribution in [0.5, 0.6) is 5.88 Å². The van der Waals surface area contributed by atoms with Gasteiger partial charge in [-0.3, -0.25) is 0 Å². The maximum Gasteiger partial charge on any atom is 0.230 e. The molecule has 0 saturated heterocycles. The SMILES string of the molecule is COc1ccnc(Nc2cccc(CO)c2)n1. The molecule has 1 heterocycles. The first-order valence-electron chi connectivity index (χ1n) is 5.15. The van der Waals surface area contributed by atoms with Crippen molar-refractivity contribution in [2.75, 3.05) is 12.4 Å². The van der Waals surface area contributed by atoms with Gasteiger partial charge in [-0.2, -0.15) is 4.98 Å². The molecule has 0 bridgehead atoms. The van der Waals surface area contributed by atoms with Crippen molar-refractivity contribution < 1.29 is 9.84 Å². The molecule has 5 heteroatoms. The largest absolute Gasteiger partial charge is 0.481 e. The number of nitrogens with one attached hydrogen (secondary N) is 1. The molecule has 2 N–H and O–H groups in total. The predicted molar refractivity (Wildman–Crippen MR) is 64.2 cm³/mol. The summed E-state index contributed by atoms with van der Waals surface area (Å²) >= 11 is 0. The topological polar surface area (TPSA) is 67.3 Å². The quantitative estimate of drug-likeness (QED) is 0.838. The molecule has 88 valence electrons. The summed E-state index contributed by atoms with van der Waals surface area (Å²) in [6.45, 7) is 0.00842. The number of aliphatic hydroxyl groups is 1. The Hall–Kier alpha value is -2.14. The molecule has 2 aromatic rings. The number of ether oxygens (including phenoxy) is 1. The van der Waals surface area contributed by atoms with Gasteiger partial charge < -0.3 is 15.2 Å². The van der Waals surface area contributed by atoms with Crippen LogP contribution in [0.1, 0.15) is 5.56 Å². The molecule has 0 radical (unpaired) electrons. The van der Waals surface area contributed by atoms with E-state index in [-0.39, 0.29) is 6.61 Å².